The normalized spacial score (nSPS) is 28.3. The second-order valence-corrected chi connectivity index (χ2v) is 10.6. The van der Waals surface area contributed by atoms with Crippen molar-refractivity contribution in [3.63, 3.8) is 0 Å². The van der Waals surface area contributed by atoms with Crippen molar-refractivity contribution in [1.82, 2.24) is 10.4 Å². The van der Waals surface area contributed by atoms with Gasteiger partial charge in [-0.3, -0.25) is 5.21 Å². The van der Waals surface area contributed by atoms with Crippen molar-refractivity contribution in [3.05, 3.63) is 35.9 Å². The van der Waals surface area contributed by atoms with Gasteiger partial charge in [0, 0.05) is 6.04 Å². The minimum absolute atomic E-state index is 0.0467. The molecule has 7 nitrogen and oxygen atoms in total. The zero-order valence-electron chi connectivity index (χ0n) is 16.7. The van der Waals surface area contributed by atoms with E-state index in [0.717, 1.165) is 30.7 Å². The lowest BCUT2D eigenvalue weighted by Crippen LogP contribution is -2.48. The molecule has 2 unspecified atom stereocenters. The van der Waals surface area contributed by atoms with Crippen molar-refractivity contribution in [2.45, 2.75) is 81.0 Å². The Kier molecular flexibility index (Phi) is 7.54. The first kappa shape index (κ1) is 22.1. The molecular weight excluding hydrogens is 392 g/mol. The number of nitrogens with one attached hydrogen (secondary N) is 1. The first-order chi connectivity index (χ1) is 13.9. The first-order valence-electron chi connectivity index (χ1n) is 10.6. The number of benzene rings is 1. The monoisotopic (exact) mass is 424 g/mol. The molecule has 0 spiro atoms. The van der Waals surface area contributed by atoms with Gasteiger partial charge in [0.15, 0.2) is 9.84 Å². The largest absolute Gasteiger partial charge is 0.380 e. The van der Waals surface area contributed by atoms with Gasteiger partial charge in [-0.2, -0.15) is 0 Å². The molecule has 2 atom stereocenters. The number of urea groups is 1. The van der Waals surface area contributed by atoms with Crippen molar-refractivity contribution in [1.29, 1.82) is 0 Å². The van der Waals surface area contributed by atoms with Gasteiger partial charge in [-0.1, -0.05) is 36.8 Å². The molecule has 162 valence electrons. The molecule has 2 saturated carbocycles. The van der Waals surface area contributed by atoms with E-state index in [0.29, 0.717) is 38.0 Å². The molecule has 0 aromatic heterocycles. The van der Waals surface area contributed by atoms with Gasteiger partial charge in [0.25, 0.3) is 0 Å². The molecule has 3 N–H and O–H groups in total. The van der Waals surface area contributed by atoms with Crippen LogP contribution in [0.4, 0.5) is 4.79 Å². The zero-order valence-corrected chi connectivity index (χ0v) is 17.6. The number of hydrogen-bond donors (Lipinski definition) is 3. The molecule has 2 aliphatic rings. The predicted molar refractivity (Wildman–Crippen MR) is 110 cm³/mol. The zero-order chi connectivity index (χ0) is 20.9. The third kappa shape index (κ3) is 5.71. The number of amides is 2. The summed E-state index contributed by atoms with van der Waals surface area (Å²) >= 11 is 0. The molecule has 8 heteroatoms. The molecule has 0 bridgehead atoms. The van der Waals surface area contributed by atoms with Crippen molar-refractivity contribution in [2.24, 2.45) is 0 Å². The van der Waals surface area contributed by atoms with Gasteiger partial charge >= 0.3 is 6.03 Å². The van der Waals surface area contributed by atoms with Gasteiger partial charge in [0.1, 0.15) is 5.94 Å². The van der Waals surface area contributed by atoms with Gasteiger partial charge in [0.2, 0.25) is 0 Å². The maximum Gasteiger partial charge on any atom is 0.341 e. The number of sulfone groups is 1. The van der Waals surface area contributed by atoms with Crippen molar-refractivity contribution in [3.8, 4) is 0 Å². The van der Waals surface area contributed by atoms with Crippen LogP contribution in [0.15, 0.2) is 30.3 Å². The molecule has 1 aromatic rings. The minimum Gasteiger partial charge on any atom is -0.380 e. The average Bonchev–Trinajstić information content (AvgIpc) is 3.01. The van der Waals surface area contributed by atoms with E-state index in [1.165, 1.54) is 5.56 Å². The fraction of sp³-hybridized carbons (Fsp3) is 0.667. The van der Waals surface area contributed by atoms with Crippen LogP contribution >= 0.6 is 0 Å². The second-order valence-electron chi connectivity index (χ2n) is 8.33. The number of rotatable bonds is 5. The maximum absolute atomic E-state index is 12.5. The van der Waals surface area contributed by atoms with Crippen molar-refractivity contribution >= 4 is 15.9 Å². The van der Waals surface area contributed by atoms with Crippen LogP contribution in [0.5, 0.6) is 0 Å². The summed E-state index contributed by atoms with van der Waals surface area (Å²) in [7, 11) is -3.51. The highest BCUT2D eigenvalue weighted by molar-refractivity contribution is 7.91. The topological polar surface area (TPSA) is 107 Å². The standard InChI is InChI=1S/C21H32N2O5S/c24-15-29(27,28)20-8-4-7-19(13-14-20)23(26)21(25)22-18-11-9-17(10-12-18)16-5-2-1-3-6-16/h1-3,5-6,17-20,24,26H,4,7-15H2,(H,22,25). The number of aliphatic hydroxyl groups excluding tert-OH is 1. The van der Waals surface area contributed by atoms with Gasteiger partial charge in [0.05, 0.1) is 11.3 Å². The molecule has 29 heavy (non-hydrogen) atoms. The number of hydrogen-bond acceptors (Lipinski definition) is 5. The third-order valence-corrected chi connectivity index (χ3v) is 8.30. The Labute approximate surface area is 173 Å². The SMILES string of the molecule is O=C(NC1CCC(c2ccccc2)CC1)N(O)C1CCCC(S(=O)(=O)CO)CC1. The number of carbonyl (C=O) groups is 1. The number of hydroxylamine groups is 2. The maximum atomic E-state index is 12.5. The average molecular weight is 425 g/mol. The van der Waals surface area contributed by atoms with E-state index in [9.17, 15) is 18.4 Å². The summed E-state index contributed by atoms with van der Waals surface area (Å²) in [5.41, 5.74) is 1.34. The van der Waals surface area contributed by atoms with Crippen LogP contribution in [0.1, 0.15) is 69.3 Å². The summed E-state index contributed by atoms with van der Waals surface area (Å²) in [6.45, 7) is 0. The Hall–Kier alpha value is -1.64. The van der Waals surface area contributed by atoms with Crippen LogP contribution in [0.3, 0.4) is 0 Å². The van der Waals surface area contributed by atoms with E-state index in [-0.39, 0.29) is 6.04 Å². The van der Waals surface area contributed by atoms with Crippen LogP contribution < -0.4 is 5.32 Å². The van der Waals surface area contributed by atoms with Crippen LogP contribution in [-0.2, 0) is 9.84 Å². The summed E-state index contributed by atoms with van der Waals surface area (Å²) in [5, 5.41) is 22.6. The number of nitrogens with zero attached hydrogens (tertiary/aromatic N) is 1. The molecule has 0 aliphatic heterocycles. The lowest BCUT2D eigenvalue weighted by atomic mass is 9.82. The van der Waals surface area contributed by atoms with Crippen LogP contribution in [0.25, 0.3) is 0 Å². The van der Waals surface area contributed by atoms with Gasteiger partial charge in [-0.25, -0.2) is 18.3 Å². The molecule has 0 radical (unpaired) electrons. The Bertz CT molecular complexity index is 763. The third-order valence-electron chi connectivity index (χ3n) is 6.45. The van der Waals surface area contributed by atoms with E-state index < -0.39 is 33.1 Å². The Morgan fingerprint density at radius 2 is 1.69 bits per heavy atom. The van der Waals surface area contributed by atoms with E-state index >= 15 is 0 Å². The van der Waals surface area contributed by atoms with E-state index in [1.54, 1.807) is 0 Å². The van der Waals surface area contributed by atoms with E-state index in [4.69, 9.17) is 5.11 Å². The highest BCUT2D eigenvalue weighted by atomic mass is 32.2. The molecule has 2 fully saturated rings. The van der Waals surface area contributed by atoms with Crippen molar-refractivity contribution < 1.29 is 23.5 Å². The molecule has 3 rings (SSSR count). The Morgan fingerprint density at radius 3 is 2.34 bits per heavy atom. The quantitative estimate of drug-likeness (QED) is 0.382. The van der Waals surface area contributed by atoms with E-state index in [1.807, 2.05) is 6.07 Å². The summed E-state index contributed by atoms with van der Waals surface area (Å²) < 4.78 is 23.8. The highest BCUT2D eigenvalue weighted by Crippen LogP contribution is 2.33. The second kappa shape index (κ2) is 9.91. The number of aliphatic hydroxyl groups is 1. The van der Waals surface area contributed by atoms with Gasteiger partial charge in [-0.15, -0.1) is 0 Å². The van der Waals surface area contributed by atoms with E-state index in [2.05, 4.69) is 29.6 Å². The van der Waals surface area contributed by atoms with Crippen molar-refractivity contribution in [2.75, 3.05) is 5.94 Å². The smallest absolute Gasteiger partial charge is 0.341 e. The summed E-state index contributed by atoms with van der Waals surface area (Å²) in [4.78, 5) is 12.5. The van der Waals surface area contributed by atoms with Crippen LogP contribution in [0.2, 0.25) is 0 Å². The van der Waals surface area contributed by atoms with Crippen LogP contribution in [0, 0.1) is 0 Å². The first-order valence-corrected chi connectivity index (χ1v) is 12.3. The Balaban J connectivity index is 1.47. The molecular formula is C21H32N2O5S. The Morgan fingerprint density at radius 1 is 1.00 bits per heavy atom. The predicted octanol–water partition coefficient (Wildman–Crippen LogP) is 3.18. The fourth-order valence-electron chi connectivity index (χ4n) is 4.66. The molecule has 0 saturated heterocycles. The minimum atomic E-state index is -3.51. The molecule has 2 amide bonds. The van der Waals surface area contributed by atoms with Gasteiger partial charge < -0.3 is 10.4 Å². The molecule has 2 aliphatic carbocycles. The van der Waals surface area contributed by atoms with Crippen LogP contribution in [-0.4, -0.2) is 53.1 Å². The lowest BCUT2D eigenvalue weighted by Gasteiger charge is -2.32. The number of carbonyl (C=O) groups excluding carboxylic acids is 1. The lowest BCUT2D eigenvalue weighted by molar-refractivity contribution is -0.0829. The molecule has 1 aromatic carbocycles. The highest BCUT2D eigenvalue weighted by Gasteiger charge is 2.32. The fourth-order valence-corrected chi connectivity index (χ4v) is 5.89. The summed E-state index contributed by atoms with van der Waals surface area (Å²) in [6, 6.07) is 9.57. The summed E-state index contributed by atoms with van der Waals surface area (Å²) in [6.07, 6.45) is 6.13. The molecule has 0 heterocycles. The summed E-state index contributed by atoms with van der Waals surface area (Å²) in [5.74, 6) is -0.334. The van der Waals surface area contributed by atoms with Gasteiger partial charge in [-0.05, 0) is 62.8 Å².